The third-order valence-electron chi connectivity index (χ3n) is 5.12. The van der Waals surface area contributed by atoms with Crippen molar-refractivity contribution in [2.75, 3.05) is 13.1 Å². The molecule has 1 aliphatic heterocycles. The van der Waals surface area contributed by atoms with Crippen LogP contribution < -0.4 is 10.6 Å². The van der Waals surface area contributed by atoms with Crippen molar-refractivity contribution in [1.29, 1.82) is 0 Å². The highest BCUT2D eigenvalue weighted by molar-refractivity contribution is 5.01. The molecule has 0 amide bonds. The molecule has 0 aromatic carbocycles. The Morgan fingerprint density at radius 3 is 2.55 bits per heavy atom. The fraction of sp³-hybridized carbons (Fsp3) is 0.750. The average molecular weight is 274 g/mol. The molecule has 3 rings (SSSR count). The number of rotatable bonds is 3. The van der Waals surface area contributed by atoms with Crippen molar-refractivity contribution in [3.8, 4) is 0 Å². The molecule has 110 valence electrons. The lowest BCUT2D eigenvalue weighted by Crippen LogP contribution is -2.43. The van der Waals surface area contributed by atoms with Gasteiger partial charge < -0.3 is 10.6 Å². The Labute approximate surface area is 121 Å². The van der Waals surface area contributed by atoms with Gasteiger partial charge in [0.05, 0.1) is 11.4 Å². The number of aromatic nitrogens is 2. The Bertz CT molecular complexity index is 413. The van der Waals surface area contributed by atoms with E-state index < -0.39 is 0 Å². The topological polar surface area (TPSA) is 49.8 Å². The minimum atomic E-state index is 0.660. The van der Waals surface area contributed by atoms with E-state index in [9.17, 15) is 0 Å². The largest absolute Gasteiger partial charge is 0.317 e. The van der Waals surface area contributed by atoms with E-state index in [-0.39, 0.29) is 0 Å². The zero-order valence-corrected chi connectivity index (χ0v) is 12.5. The normalized spacial score (nSPS) is 23.1. The van der Waals surface area contributed by atoms with Crippen LogP contribution in [0.4, 0.5) is 0 Å². The zero-order valence-electron chi connectivity index (χ0n) is 12.5. The van der Waals surface area contributed by atoms with Gasteiger partial charge in [-0.1, -0.05) is 0 Å². The summed E-state index contributed by atoms with van der Waals surface area (Å²) < 4.78 is 0. The average Bonchev–Trinajstić information content (AvgIpc) is 2.49. The van der Waals surface area contributed by atoms with Gasteiger partial charge in [0.2, 0.25) is 0 Å². The highest BCUT2D eigenvalue weighted by Crippen LogP contribution is 2.43. The van der Waals surface area contributed by atoms with Crippen molar-refractivity contribution in [3.05, 3.63) is 23.8 Å². The molecule has 1 aromatic rings. The standard InChI is InChI=1S/C16H26N4/c1-13-10-19-15(11-18-13)12-20-14-2-4-16(5-3-14)6-8-17-9-7-16/h10-11,14,17,20H,2-9,12H2,1H3. The third-order valence-corrected chi connectivity index (χ3v) is 5.12. The first kappa shape index (κ1) is 14.0. The molecule has 0 unspecified atom stereocenters. The molecule has 2 aliphatic rings. The highest BCUT2D eigenvalue weighted by atomic mass is 14.9. The monoisotopic (exact) mass is 274 g/mol. The van der Waals surface area contributed by atoms with Gasteiger partial charge in [-0.15, -0.1) is 0 Å². The summed E-state index contributed by atoms with van der Waals surface area (Å²) in [7, 11) is 0. The molecular formula is C16H26N4. The van der Waals surface area contributed by atoms with Gasteiger partial charge in [0, 0.05) is 25.0 Å². The molecule has 1 saturated heterocycles. The maximum Gasteiger partial charge on any atom is 0.0724 e. The summed E-state index contributed by atoms with van der Waals surface area (Å²) in [5, 5.41) is 7.15. The summed E-state index contributed by atoms with van der Waals surface area (Å²) in [6.07, 6.45) is 11.9. The van der Waals surface area contributed by atoms with Gasteiger partial charge in [-0.25, -0.2) is 0 Å². The molecule has 2 fully saturated rings. The van der Waals surface area contributed by atoms with Crippen LogP contribution in [0.1, 0.15) is 49.9 Å². The van der Waals surface area contributed by atoms with Crippen molar-refractivity contribution < 1.29 is 0 Å². The predicted octanol–water partition coefficient (Wildman–Crippen LogP) is 2.19. The van der Waals surface area contributed by atoms with Crippen LogP contribution >= 0.6 is 0 Å². The molecule has 0 radical (unpaired) electrons. The Morgan fingerprint density at radius 2 is 1.90 bits per heavy atom. The highest BCUT2D eigenvalue weighted by Gasteiger charge is 2.35. The van der Waals surface area contributed by atoms with Crippen molar-refractivity contribution in [2.24, 2.45) is 5.41 Å². The molecule has 4 nitrogen and oxygen atoms in total. The quantitative estimate of drug-likeness (QED) is 0.887. The lowest BCUT2D eigenvalue weighted by molar-refractivity contribution is 0.115. The molecule has 1 saturated carbocycles. The van der Waals surface area contributed by atoms with E-state index in [0.717, 1.165) is 17.9 Å². The molecule has 0 atom stereocenters. The maximum absolute atomic E-state index is 4.41. The first-order chi connectivity index (χ1) is 9.76. The molecule has 4 heteroatoms. The van der Waals surface area contributed by atoms with Gasteiger partial charge >= 0.3 is 0 Å². The molecule has 1 aromatic heterocycles. The van der Waals surface area contributed by atoms with E-state index in [1.807, 2.05) is 19.3 Å². The second-order valence-corrected chi connectivity index (χ2v) is 6.55. The zero-order chi connectivity index (χ0) is 13.8. The Kier molecular flexibility index (Phi) is 4.32. The lowest BCUT2D eigenvalue weighted by Gasteiger charge is -2.43. The molecule has 20 heavy (non-hydrogen) atoms. The Morgan fingerprint density at radius 1 is 1.15 bits per heavy atom. The fourth-order valence-electron chi connectivity index (χ4n) is 3.65. The number of nitrogens with one attached hydrogen (secondary N) is 2. The lowest BCUT2D eigenvalue weighted by atomic mass is 9.67. The van der Waals surface area contributed by atoms with Crippen LogP contribution in [0.2, 0.25) is 0 Å². The van der Waals surface area contributed by atoms with Crippen LogP contribution in [0.5, 0.6) is 0 Å². The van der Waals surface area contributed by atoms with E-state index in [4.69, 9.17) is 0 Å². The number of nitrogens with zero attached hydrogens (tertiary/aromatic N) is 2. The van der Waals surface area contributed by atoms with Crippen LogP contribution in [0.25, 0.3) is 0 Å². The van der Waals surface area contributed by atoms with E-state index in [1.54, 1.807) is 0 Å². The van der Waals surface area contributed by atoms with Gasteiger partial charge in [-0.3, -0.25) is 9.97 Å². The fourth-order valence-corrected chi connectivity index (χ4v) is 3.65. The summed E-state index contributed by atoms with van der Waals surface area (Å²) in [5.41, 5.74) is 2.70. The first-order valence-corrected chi connectivity index (χ1v) is 7.97. The van der Waals surface area contributed by atoms with Crippen molar-refractivity contribution in [1.82, 2.24) is 20.6 Å². The van der Waals surface area contributed by atoms with Gasteiger partial charge in [-0.2, -0.15) is 0 Å². The summed E-state index contributed by atoms with van der Waals surface area (Å²) in [4.78, 5) is 8.71. The predicted molar refractivity (Wildman–Crippen MR) is 80.4 cm³/mol. The molecule has 1 aliphatic carbocycles. The van der Waals surface area contributed by atoms with Gasteiger partial charge in [0.25, 0.3) is 0 Å². The minimum Gasteiger partial charge on any atom is -0.317 e. The van der Waals surface area contributed by atoms with Crippen LogP contribution in [0, 0.1) is 12.3 Å². The summed E-state index contributed by atoms with van der Waals surface area (Å²) in [5.74, 6) is 0. The SMILES string of the molecule is Cc1cnc(CNC2CCC3(CCNCC3)CC2)cn1. The van der Waals surface area contributed by atoms with Crippen LogP contribution in [0.3, 0.4) is 0 Å². The number of hydrogen-bond acceptors (Lipinski definition) is 4. The second-order valence-electron chi connectivity index (χ2n) is 6.55. The van der Waals surface area contributed by atoms with Crippen LogP contribution in [-0.2, 0) is 6.54 Å². The molecule has 0 bridgehead atoms. The smallest absolute Gasteiger partial charge is 0.0724 e. The third kappa shape index (κ3) is 3.36. The number of piperidine rings is 1. The van der Waals surface area contributed by atoms with Crippen molar-refractivity contribution >= 4 is 0 Å². The van der Waals surface area contributed by atoms with E-state index in [1.165, 1.54) is 51.6 Å². The Balaban J connectivity index is 1.45. The van der Waals surface area contributed by atoms with Gasteiger partial charge in [-0.05, 0) is 64.0 Å². The second kappa shape index (κ2) is 6.19. The molecular weight excluding hydrogens is 248 g/mol. The summed E-state index contributed by atoms with van der Waals surface area (Å²) in [6.45, 7) is 5.27. The Hall–Kier alpha value is -1.00. The number of aryl methyl sites for hydroxylation is 1. The summed E-state index contributed by atoms with van der Waals surface area (Å²) >= 11 is 0. The van der Waals surface area contributed by atoms with E-state index in [2.05, 4.69) is 20.6 Å². The van der Waals surface area contributed by atoms with Gasteiger partial charge in [0.15, 0.2) is 0 Å². The van der Waals surface area contributed by atoms with Gasteiger partial charge in [0.1, 0.15) is 0 Å². The molecule has 2 N–H and O–H groups in total. The maximum atomic E-state index is 4.41. The van der Waals surface area contributed by atoms with Crippen LogP contribution in [0.15, 0.2) is 12.4 Å². The van der Waals surface area contributed by atoms with Crippen molar-refractivity contribution in [3.63, 3.8) is 0 Å². The van der Waals surface area contributed by atoms with Crippen molar-refractivity contribution in [2.45, 2.75) is 58.0 Å². The number of hydrogen-bond donors (Lipinski definition) is 2. The minimum absolute atomic E-state index is 0.660. The van der Waals surface area contributed by atoms with Crippen LogP contribution in [-0.4, -0.2) is 29.1 Å². The van der Waals surface area contributed by atoms with E-state index >= 15 is 0 Å². The molecule has 2 heterocycles. The van der Waals surface area contributed by atoms with E-state index in [0.29, 0.717) is 11.5 Å². The first-order valence-electron chi connectivity index (χ1n) is 7.97. The molecule has 1 spiro atoms. The summed E-state index contributed by atoms with van der Waals surface area (Å²) in [6, 6.07) is 0.665.